The van der Waals surface area contributed by atoms with E-state index in [1.54, 1.807) is 12.1 Å². The first kappa shape index (κ1) is 18.4. The van der Waals surface area contributed by atoms with Crippen molar-refractivity contribution in [2.75, 3.05) is 5.75 Å². The molecule has 26 heavy (non-hydrogen) atoms. The SMILES string of the molecule is Cc1cc(-c2ccc(C)o2)c(C#N)c(SCC(=O)c2ccc(Br)cc2)n1. The van der Waals surface area contributed by atoms with Gasteiger partial charge in [-0.15, -0.1) is 0 Å². The van der Waals surface area contributed by atoms with E-state index in [2.05, 4.69) is 27.0 Å². The number of aromatic nitrogens is 1. The summed E-state index contributed by atoms with van der Waals surface area (Å²) < 4.78 is 6.59. The molecule has 0 N–H and O–H groups in total. The van der Waals surface area contributed by atoms with Gasteiger partial charge in [-0.3, -0.25) is 4.79 Å². The third-order valence-electron chi connectivity index (χ3n) is 3.74. The predicted octanol–water partition coefficient (Wildman–Crippen LogP) is 5.57. The van der Waals surface area contributed by atoms with Crippen molar-refractivity contribution in [3.8, 4) is 17.4 Å². The number of aryl methyl sites for hydroxylation is 2. The number of thioether (sulfide) groups is 1. The smallest absolute Gasteiger partial charge is 0.173 e. The van der Waals surface area contributed by atoms with Crippen LogP contribution in [0.1, 0.15) is 27.4 Å². The van der Waals surface area contributed by atoms with Gasteiger partial charge in [-0.1, -0.05) is 39.8 Å². The number of carbonyl (C=O) groups excluding carboxylic acids is 1. The molecule has 4 nitrogen and oxygen atoms in total. The maximum Gasteiger partial charge on any atom is 0.173 e. The Hall–Kier alpha value is -2.36. The van der Waals surface area contributed by atoms with E-state index in [-0.39, 0.29) is 11.5 Å². The van der Waals surface area contributed by atoms with E-state index in [4.69, 9.17) is 4.42 Å². The van der Waals surface area contributed by atoms with Gasteiger partial charge in [-0.05, 0) is 44.2 Å². The minimum atomic E-state index is -0.00918. The fourth-order valence-electron chi connectivity index (χ4n) is 2.48. The van der Waals surface area contributed by atoms with Gasteiger partial charge in [0.15, 0.2) is 5.78 Å². The number of Topliss-reactive ketones (excluding diaryl/α,β-unsaturated/α-hetero) is 1. The van der Waals surface area contributed by atoms with Crippen LogP contribution in [0.4, 0.5) is 0 Å². The van der Waals surface area contributed by atoms with Gasteiger partial charge in [-0.25, -0.2) is 4.98 Å². The Labute approximate surface area is 164 Å². The number of benzene rings is 1. The Morgan fingerprint density at radius 2 is 1.96 bits per heavy atom. The molecule has 0 unspecified atom stereocenters. The van der Waals surface area contributed by atoms with Gasteiger partial charge in [0, 0.05) is 21.3 Å². The van der Waals surface area contributed by atoms with Crippen molar-refractivity contribution >= 4 is 33.5 Å². The first-order valence-electron chi connectivity index (χ1n) is 7.88. The molecule has 2 heterocycles. The Balaban J connectivity index is 1.88. The zero-order valence-corrected chi connectivity index (χ0v) is 16.6. The molecular formula is C20H15BrN2O2S. The number of hydrogen-bond acceptors (Lipinski definition) is 5. The van der Waals surface area contributed by atoms with Crippen molar-refractivity contribution < 1.29 is 9.21 Å². The summed E-state index contributed by atoms with van der Waals surface area (Å²) >= 11 is 4.63. The van der Waals surface area contributed by atoms with Crippen molar-refractivity contribution in [1.82, 2.24) is 4.98 Å². The fraction of sp³-hybridized carbons (Fsp3) is 0.150. The van der Waals surface area contributed by atoms with Crippen LogP contribution in [0.15, 0.2) is 56.4 Å². The molecule has 0 saturated heterocycles. The highest BCUT2D eigenvalue weighted by atomic mass is 79.9. The molecule has 130 valence electrons. The first-order valence-corrected chi connectivity index (χ1v) is 9.66. The van der Waals surface area contributed by atoms with E-state index in [9.17, 15) is 10.1 Å². The molecular weight excluding hydrogens is 412 g/mol. The summed E-state index contributed by atoms with van der Waals surface area (Å²) in [6, 6.07) is 15.0. The number of nitriles is 1. The Morgan fingerprint density at radius 3 is 2.58 bits per heavy atom. The number of furan rings is 1. The first-order chi connectivity index (χ1) is 12.5. The summed E-state index contributed by atoms with van der Waals surface area (Å²) in [5, 5.41) is 10.2. The molecule has 0 radical (unpaired) electrons. The Kier molecular flexibility index (Phi) is 5.60. The van der Waals surface area contributed by atoms with Gasteiger partial charge in [0.05, 0.1) is 11.3 Å². The summed E-state index contributed by atoms with van der Waals surface area (Å²) in [7, 11) is 0. The molecule has 0 amide bonds. The topological polar surface area (TPSA) is 66.9 Å². The molecule has 3 rings (SSSR count). The summed E-state index contributed by atoms with van der Waals surface area (Å²) in [6.45, 7) is 3.72. The second-order valence-electron chi connectivity index (χ2n) is 5.73. The number of hydrogen-bond donors (Lipinski definition) is 0. The third kappa shape index (κ3) is 4.06. The molecule has 0 spiro atoms. The summed E-state index contributed by atoms with van der Waals surface area (Å²) in [4.78, 5) is 16.9. The zero-order chi connectivity index (χ0) is 18.7. The molecule has 0 fully saturated rings. The van der Waals surface area contributed by atoms with Crippen molar-refractivity contribution in [2.24, 2.45) is 0 Å². The minimum absolute atomic E-state index is 0.00918. The lowest BCUT2D eigenvalue weighted by Gasteiger charge is -2.09. The van der Waals surface area contributed by atoms with E-state index in [1.165, 1.54) is 11.8 Å². The molecule has 0 aliphatic rings. The minimum Gasteiger partial charge on any atom is -0.461 e. The molecule has 2 aromatic heterocycles. The van der Waals surface area contributed by atoms with Crippen molar-refractivity contribution in [3.05, 3.63) is 69.5 Å². The number of carbonyl (C=O) groups is 1. The predicted molar refractivity (Wildman–Crippen MR) is 105 cm³/mol. The number of ketones is 1. The molecule has 0 saturated carbocycles. The highest BCUT2D eigenvalue weighted by Gasteiger charge is 2.17. The maximum absolute atomic E-state index is 12.4. The monoisotopic (exact) mass is 426 g/mol. The highest BCUT2D eigenvalue weighted by Crippen LogP contribution is 2.32. The van der Waals surface area contributed by atoms with Crippen LogP contribution in [-0.4, -0.2) is 16.5 Å². The van der Waals surface area contributed by atoms with Crippen LogP contribution in [0.5, 0.6) is 0 Å². The van der Waals surface area contributed by atoms with Gasteiger partial charge in [0.1, 0.15) is 22.6 Å². The lowest BCUT2D eigenvalue weighted by Crippen LogP contribution is -2.03. The van der Waals surface area contributed by atoms with E-state index >= 15 is 0 Å². The van der Waals surface area contributed by atoms with Crippen LogP contribution < -0.4 is 0 Å². The second-order valence-corrected chi connectivity index (χ2v) is 7.61. The Bertz CT molecular complexity index is 1000. The fourth-order valence-corrected chi connectivity index (χ4v) is 3.69. The van der Waals surface area contributed by atoms with E-state index in [0.29, 0.717) is 27.5 Å². The van der Waals surface area contributed by atoms with Crippen molar-refractivity contribution in [2.45, 2.75) is 18.9 Å². The van der Waals surface area contributed by atoms with Crippen LogP contribution in [-0.2, 0) is 0 Å². The molecule has 0 aliphatic carbocycles. The van der Waals surface area contributed by atoms with E-state index in [1.807, 2.05) is 44.2 Å². The van der Waals surface area contributed by atoms with Crippen LogP contribution in [0, 0.1) is 25.2 Å². The summed E-state index contributed by atoms with van der Waals surface area (Å²) in [5.41, 5.74) is 2.53. The number of rotatable bonds is 5. The van der Waals surface area contributed by atoms with Gasteiger partial charge < -0.3 is 4.42 Å². The molecule has 3 aromatic rings. The van der Waals surface area contributed by atoms with Gasteiger partial charge in [0.2, 0.25) is 0 Å². The molecule has 0 bridgehead atoms. The number of nitrogens with zero attached hydrogens (tertiary/aromatic N) is 2. The number of halogens is 1. The van der Waals surface area contributed by atoms with E-state index < -0.39 is 0 Å². The summed E-state index contributed by atoms with van der Waals surface area (Å²) in [6.07, 6.45) is 0. The number of pyridine rings is 1. The normalized spacial score (nSPS) is 10.5. The van der Waals surface area contributed by atoms with E-state index in [0.717, 1.165) is 15.9 Å². The standard InChI is InChI=1S/C20H15BrN2O2S/c1-12-9-16(19-8-3-13(2)25-19)17(10-22)20(23-12)26-11-18(24)14-4-6-15(21)7-5-14/h3-9H,11H2,1-2H3. The van der Waals surface area contributed by atoms with Gasteiger partial charge in [-0.2, -0.15) is 5.26 Å². The lowest BCUT2D eigenvalue weighted by molar-refractivity contribution is 0.102. The van der Waals surface area contributed by atoms with Crippen LogP contribution >= 0.6 is 27.7 Å². The largest absolute Gasteiger partial charge is 0.461 e. The molecule has 0 atom stereocenters. The average Bonchev–Trinajstić information content (AvgIpc) is 3.06. The highest BCUT2D eigenvalue weighted by molar-refractivity contribution is 9.10. The van der Waals surface area contributed by atoms with Crippen LogP contribution in [0.25, 0.3) is 11.3 Å². The lowest BCUT2D eigenvalue weighted by atomic mass is 10.1. The third-order valence-corrected chi connectivity index (χ3v) is 5.24. The van der Waals surface area contributed by atoms with Crippen molar-refractivity contribution in [3.63, 3.8) is 0 Å². The molecule has 6 heteroatoms. The van der Waals surface area contributed by atoms with Gasteiger partial charge in [0.25, 0.3) is 0 Å². The van der Waals surface area contributed by atoms with Gasteiger partial charge >= 0.3 is 0 Å². The Morgan fingerprint density at radius 1 is 1.23 bits per heavy atom. The zero-order valence-electron chi connectivity index (χ0n) is 14.2. The maximum atomic E-state index is 12.4. The van der Waals surface area contributed by atoms with Crippen LogP contribution in [0.3, 0.4) is 0 Å². The van der Waals surface area contributed by atoms with Crippen molar-refractivity contribution in [1.29, 1.82) is 5.26 Å². The second kappa shape index (κ2) is 7.90. The quantitative estimate of drug-likeness (QED) is 0.394. The summed E-state index contributed by atoms with van der Waals surface area (Å²) in [5.74, 6) is 1.61. The molecule has 0 aliphatic heterocycles. The van der Waals surface area contributed by atoms with Crippen LogP contribution in [0.2, 0.25) is 0 Å². The average molecular weight is 427 g/mol. The molecule has 1 aromatic carbocycles.